The SMILES string of the molecule is CCCN(CCC)C(=O)O.CCCNCCC. The van der Waals surface area contributed by atoms with Crippen molar-refractivity contribution in [3.8, 4) is 0 Å². The van der Waals surface area contributed by atoms with E-state index in [0.29, 0.717) is 13.1 Å². The molecule has 1 amide bonds. The fraction of sp³-hybridized carbons (Fsp3) is 0.923. The molecule has 2 N–H and O–H groups in total. The highest BCUT2D eigenvalue weighted by molar-refractivity contribution is 5.64. The Morgan fingerprint density at radius 3 is 1.59 bits per heavy atom. The van der Waals surface area contributed by atoms with Crippen LogP contribution in [0.3, 0.4) is 0 Å². The van der Waals surface area contributed by atoms with Gasteiger partial charge in [0, 0.05) is 13.1 Å². The number of nitrogens with zero attached hydrogens (tertiary/aromatic N) is 1. The van der Waals surface area contributed by atoms with E-state index in [0.717, 1.165) is 12.8 Å². The Labute approximate surface area is 106 Å². The summed E-state index contributed by atoms with van der Waals surface area (Å²) in [4.78, 5) is 11.8. The van der Waals surface area contributed by atoms with Gasteiger partial charge in [0.15, 0.2) is 0 Å². The summed E-state index contributed by atoms with van der Waals surface area (Å²) in [6.07, 6.45) is 3.49. The topological polar surface area (TPSA) is 52.6 Å². The van der Waals surface area contributed by atoms with Gasteiger partial charge in [0.2, 0.25) is 0 Å². The first-order valence-electron chi connectivity index (χ1n) is 6.82. The third-order valence-corrected chi connectivity index (χ3v) is 2.11. The Bertz CT molecular complexity index is 153. The maximum Gasteiger partial charge on any atom is 0.407 e. The van der Waals surface area contributed by atoms with Crippen molar-refractivity contribution in [2.75, 3.05) is 26.2 Å². The van der Waals surface area contributed by atoms with Crippen molar-refractivity contribution >= 4 is 6.09 Å². The fourth-order valence-corrected chi connectivity index (χ4v) is 1.32. The average molecular weight is 246 g/mol. The van der Waals surface area contributed by atoms with Gasteiger partial charge in [-0.05, 0) is 38.8 Å². The van der Waals surface area contributed by atoms with Crippen LogP contribution in [0.15, 0.2) is 0 Å². The van der Waals surface area contributed by atoms with Crippen molar-refractivity contribution in [1.82, 2.24) is 10.2 Å². The number of carbonyl (C=O) groups is 1. The van der Waals surface area contributed by atoms with Crippen molar-refractivity contribution < 1.29 is 9.90 Å². The smallest absolute Gasteiger partial charge is 0.407 e. The molecule has 104 valence electrons. The molecule has 0 rings (SSSR count). The van der Waals surface area contributed by atoms with Gasteiger partial charge < -0.3 is 15.3 Å². The number of carboxylic acid groups (broad SMARTS) is 1. The lowest BCUT2D eigenvalue weighted by atomic mass is 10.4. The van der Waals surface area contributed by atoms with Crippen LogP contribution in [0.5, 0.6) is 0 Å². The highest BCUT2D eigenvalue weighted by Gasteiger charge is 2.07. The van der Waals surface area contributed by atoms with E-state index in [2.05, 4.69) is 19.2 Å². The molecule has 0 radical (unpaired) electrons. The van der Waals surface area contributed by atoms with Crippen molar-refractivity contribution in [2.45, 2.75) is 53.4 Å². The van der Waals surface area contributed by atoms with E-state index in [-0.39, 0.29) is 0 Å². The molecular formula is C13H30N2O2. The van der Waals surface area contributed by atoms with Gasteiger partial charge in [-0.15, -0.1) is 0 Å². The van der Waals surface area contributed by atoms with E-state index >= 15 is 0 Å². The molecule has 0 aliphatic heterocycles. The van der Waals surface area contributed by atoms with Crippen molar-refractivity contribution in [2.24, 2.45) is 0 Å². The summed E-state index contributed by atoms with van der Waals surface area (Å²) in [6.45, 7) is 12.0. The van der Waals surface area contributed by atoms with Crippen molar-refractivity contribution in [1.29, 1.82) is 0 Å². The predicted octanol–water partition coefficient (Wildman–Crippen LogP) is 3.18. The van der Waals surface area contributed by atoms with Gasteiger partial charge in [0.1, 0.15) is 0 Å². The molecule has 4 nitrogen and oxygen atoms in total. The van der Waals surface area contributed by atoms with Gasteiger partial charge in [0.05, 0.1) is 0 Å². The predicted molar refractivity (Wildman–Crippen MR) is 73.6 cm³/mol. The van der Waals surface area contributed by atoms with Gasteiger partial charge in [-0.25, -0.2) is 4.79 Å². The molecule has 0 aromatic heterocycles. The Morgan fingerprint density at radius 2 is 1.35 bits per heavy atom. The molecule has 0 bridgehead atoms. The largest absolute Gasteiger partial charge is 0.465 e. The lowest BCUT2D eigenvalue weighted by Crippen LogP contribution is -2.30. The molecule has 0 saturated carbocycles. The van der Waals surface area contributed by atoms with Crippen LogP contribution in [0.1, 0.15) is 53.4 Å². The minimum Gasteiger partial charge on any atom is -0.465 e. The molecule has 0 aliphatic carbocycles. The van der Waals surface area contributed by atoms with Crippen molar-refractivity contribution in [3.63, 3.8) is 0 Å². The van der Waals surface area contributed by atoms with Crippen LogP contribution in [0.25, 0.3) is 0 Å². The zero-order chi connectivity index (χ0) is 13.5. The Hall–Kier alpha value is -0.770. The molecule has 0 saturated heterocycles. The summed E-state index contributed by atoms with van der Waals surface area (Å²) in [7, 11) is 0. The maximum atomic E-state index is 10.4. The molecule has 0 aromatic rings. The first kappa shape index (κ1) is 18.6. The van der Waals surface area contributed by atoms with E-state index in [1.165, 1.54) is 30.8 Å². The summed E-state index contributed by atoms with van der Waals surface area (Å²) in [5.74, 6) is 0. The van der Waals surface area contributed by atoms with Gasteiger partial charge >= 0.3 is 6.09 Å². The zero-order valence-corrected chi connectivity index (χ0v) is 12.0. The van der Waals surface area contributed by atoms with Crippen LogP contribution in [-0.2, 0) is 0 Å². The van der Waals surface area contributed by atoms with Crippen LogP contribution in [0.4, 0.5) is 4.79 Å². The number of amides is 1. The quantitative estimate of drug-likeness (QED) is 0.647. The first-order valence-corrected chi connectivity index (χ1v) is 6.82. The summed E-state index contributed by atoms with van der Waals surface area (Å²) in [5, 5.41) is 11.8. The summed E-state index contributed by atoms with van der Waals surface area (Å²) < 4.78 is 0. The van der Waals surface area contributed by atoms with E-state index in [9.17, 15) is 4.79 Å². The summed E-state index contributed by atoms with van der Waals surface area (Å²) in [6, 6.07) is 0. The first-order chi connectivity index (χ1) is 8.13. The van der Waals surface area contributed by atoms with Crippen LogP contribution < -0.4 is 5.32 Å². The second kappa shape index (κ2) is 15.2. The van der Waals surface area contributed by atoms with Gasteiger partial charge in [-0.2, -0.15) is 0 Å². The third-order valence-electron chi connectivity index (χ3n) is 2.11. The fourth-order valence-electron chi connectivity index (χ4n) is 1.32. The molecule has 0 atom stereocenters. The third kappa shape index (κ3) is 15.2. The summed E-state index contributed by atoms with van der Waals surface area (Å²) >= 11 is 0. The molecule has 0 aliphatic rings. The van der Waals surface area contributed by atoms with Crippen LogP contribution in [0, 0.1) is 0 Å². The second-order valence-electron chi connectivity index (χ2n) is 4.02. The molecular weight excluding hydrogens is 216 g/mol. The normalized spacial score (nSPS) is 9.41. The van der Waals surface area contributed by atoms with Gasteiger partial charge in [-0.3, -0.25) is 0 Å². The molecule has 0 spiro atoms. The van der Waals surface area contributed by atoms with E-state index in [4.69, 9.17) is 5.11 Å². The Kier molecular flexibility index (Phi) is 16.7. The number of rotatable bonds is 8. The van der Waals surface area contributed by atoms with Crippen LogP contribution in [0.2, 0.25) is 0 Å². The minimum atomic E-state index is -0.802. The van der Waals surface area contributed by atoms with E-state index in [1.807, 2.05) is 13.8 Å². The maximum absolute atomic E-state index is 10.4. The highest BCUT2D eigenvalue weighted by Crippen LogP contribution is 1.93. The standard InChI is InChI=1S/C7H15NO2.C6H15N/c1-3-5-8(6-4-2)7(9)10;1-3-5-7-6-4-2/h3-6H2,1-2H3,(H,9,10);7H,3-6H2,1-2H3. The second-order valence-corrected chi connectivity index (χ2v) is 4.02. The molecule has 0 unspecified atom stereocenters. The Balaban J connectivity index is 0. The molecule has 0 fully saturated rings. The van der Waals surface area contributed by atoms with Crippen LogP contribution >= 0.6 is 0 Å². The lowest BCUT2D eigenvalue weighted by molar-refractivity contribution is 0.145. The monoisotopic (exact) mass is 246 g/mol. The molecule has 4 heteroatoms. The Morgan fingerprint density at radius 1 is 0.941 bits per heavy atom. The van der Waals surface area contributed by atoms with Gasteiger partial charge in [0.25, 0.3) is 0 Å². The molecule has 0 heterocycles. The van der Waals surface area contributed by atoms with E-state index < -0.39 is 6.09 Å². The number of nitrogens with one attached hydrogen (secondary N) is 1. The zero-order valence-electron chi connectivity index (χ0n) is 12.0. The highest BCUT2D eigenvalue weighted by atomic mass is 16.4. The summed E-state index contributed by atoms with van der Waals surface area (Å²) in [5.41, 5.74) is 0. The molecule has 0 aromatic carbocycles. The van der Waals surface area contributed by atoms with E-state index in [1.54, 1.807) is 0 Å². The number of hydrogen-bond donors (Lipinski definition) is 2. The number of hydrogen-bond acceptors (Lipinski definition) is 2. The van der Waals surface area contributed by atoms with Gasteiger partial charge in [-0.1, -0.05) is 27.7 Å². The minimum absolute atomic E-state index is 0.656. The van der Waals surface area contributed by atoms with Crippen LogP contribution in [-0.4, -0.2) is 42.3 Å². The molecule has 17 heavy (non-hydrogen) atoms. The van der Waals surface area contributed by atoms with Crippen molar-refractivity contribution in [3.05, 3.63) is 0 Å². The lowest BCUT2D eigenvalue weighted by Gasteiger charge is -2.16. The average Bonchev–Trinajstić information content (AvgIpc) is 2.30.